The first-order chi connectivity index (χ1) is 14.2. The summed E-state index contributed by atoms with van der Waals surface area (Å²) in [4.78, 5) is 26.9. The Morgan fingerprint density at radius 2 is 1.76 bits per heavy atom. The highest BCUT2D eigenvalue weighted by Crippen LogP contribution is 2.23. The molecule has 0 fully saturated rings. The maximum Gasteiger partial charge on any atom is 0.244 e. The van der Waals surface area contributed by atoms with Gasteiger partial charge < -0.3 is 19.4 Å². The highest BCUT2D eigenvalue weighted by atomic mass is 16.5. The summed E-state index contributed by atoms with van der Waals surface area (Å²) in [5.41, 5.74) is 1.65. The van der Waals surface area contributed by atoms with Crippen LogP contribution in [0.4, 0.5) is 5.69 Å². The molecule has 2 amide bonds. The van der Waals surface area contributed by atoms with Gasteiger partial charge in [0.1, 0.15) is 18.1 Å². The molecule has 0 aliphatic carbocycles. The van der Waals surface area contributed by atoms with Crippen molar-refractivity contribution in [3.63, 3.8) is 0 Å². The number of hydrogen-bond acceptors (Lipinski definition) is 4. The third-order valence-electron chi connectivity index (χ3n) is 4.47. The molecular weight excluding hydrogens is 368 g/mol. The summed E-state index contributed by atoms with van der Waals surface area (Å²) < 4.78 is 10.6. The van der Waals surface area contributed by atoms with E-state index in [0.717, 1.165) is 5.56 Å². The molecule has 0 aliphatic rings. The van der Waals surface area contributed by atoms with Gasteiger partial charge >= 0.3 is 0 Å². The van der Waals surface area contributed by atoms with E-state index in [2.05, 4.69) is 5.32 Å². The number of amides is 2. The number of para-hydroxylation sites is 2. The number of rotatable bonds is 9. The predicted molar refractivity (Wildman–Crippen MR) is 111 cm³/mol. The summed E-state index contributed by atoms with van der Waals surface area (Å²) in [5.74, 6) is 0.784. The second kappa shape index (κ2) is 10.1. The van der Waals surface area contributed by atoms with Crippen LogP contribution >= 0.6 is 0 Å². The lowest BCUT2D eigenvalue weighted by atomic mass is 10.1. The molecule has 3 rings (SSSR count). The Morgan fingerprint density at radius 1 is 1.00 bits per heavy atom. The Labute approximate surface area is 170 Å². The fourth-order valence-corrected chi connectivity index (χ4v) is 2.99. The molecule has 3 aromatic rings. The van der Waals surface area contributed by atoms with Gasteiger partial charge in [0.05, 0.1) is 25.6 Å². The molecule has 0 radical (unpaired) electrons. The van der Waals surface area contributed by atoms with Gasteiger partial charge in [0.15, 0.2) is 0 Å². The van der Waals surface area contributed by atoms with Gasteiger partial charge in [0.2, 0.25) is 11.8 Å². The molecule has 0 saturated carbocycles. The van der Waals surface area contributed by atoms with E-state index in [-0.39, 0.29) is 24.9 Å². The van der Waals surface area contributed by atoms with Crippen LogP contribution in [-0.4, -0.2) is 30.4 Å². The quantitative estimate of drug-likeness (QED) is 0.600. The van der Waals surface area contributed by atoms with Crippen molar-refractivity contribution in [2.24, 2.45) is 0 Å². The van der Waals surface area contributed by atoms with Gasteiger partial charge in [0.25, 0.3) is 0 Å². The summed E-state index contributed by atoms with van der Waals surface area (Å²) in [5, 5.41) is 2.81. The van der Waals surface area contributed by atoms with Crippen molar-refractivity contribution in [2.75, 3.05) is 19.0 Å². The number of nitrogens with one attached hydrogen (secondary N) is 1. The van der Waals surface area contributed by atoms with Gasteiger partial charge in [-0.2, -0.15) is 0 Å². The Hall–Kier alpha value is -3.54. The molecule has 0 atom stereocenters. The molecule has 0 unspecified atom stereocenters. The molecule has 6 heteroatoms. The number of carbonyl (C=O) groups is 2. The normalized spacial score (nSPS) is 10.4. The number of anilines is 1. The molecule has 2 aromatic carbocycles. The van der Waals surface area contributed by atoms with Gasteiger partial charge in [0, 0.05) is 6.42 Å². The summed E-state index contributed by atoms with van der Waals surface area (Å²) in [6.45, 7) is 0.159. The molecule has 1 aromatic heterocycles. The van der Waals surface area contributed by atoms with E-state index in [1.54, 1.807) is 37.6 Å². The number of carbonyl (C=O) groups excluding carboxylic acids is 2. The van der Waals surface area contributed by atoms with Crippen LogP contribution in [0, 0.1) is 0 Å². The lowest BCUT2D eigenvalue weighted by Gasteiger charge is -2.21. The van der Waals surface area contributed by atoms with Crippen LogP contribution in [0.25, 0.3) is 0 Å². The Balaban J connectivity index is 1.65. The Morgan fingerprint density at radius 3 is 2.48 bits per heavy atom. The van der Waals surface area contributed by atoms with Crippen molar-refractivity contribution in [2.45, 2.75) is 19.4 Å². The largest absolute Gasteiger partial charge is 0.495 e. The topological polar surface area (TPSA) is 71.8 Å². The molecule has 1 N–H and O–H groups in total. The van der Waals surface area contributed by atoms with E-state index in [1.165, 1.54) is 4.90 Å². The lowest BCUT2D eigenvalue weighted by molar-refractivity contribution is -0.135. The third kappa shape index (κ3) is 5.97. The average molecular weight is 392 g/mol. The molecule has 29 heavy (non-hydrogen) atoms. The van der Waals surface area contributed by atoms with E-state index >= 15 is 0 Å². The maximum absolute atomic E-state index is 12.8. The summed E-state index contributed by atoms with van der Waals surface area (Å²) in [6.07, 6.45) is 2.48. The first-order valence-electron chi connectivity index (χ1n) is 9.42. The van der Waals surface area contributed by atoms with Crippen molar-refractivity contribution >= 4 is 17.5 Å². The molecule has 6 nitrogen and oxygen atoms in total. The van der Waals surface area contributed by atoms with Crippen LogP contribution in [0.2, 0.25) is 0 Å². The highest BCUT2D eigenvalue weighted by Gasteiger charge is 2.19. The molecule has 0 aliphatic heterocycles. The number of benzene rings is 2. The summed E-state index contributed by atoms with van der Waals surface area (Å²) >= 11 is 0. The van der Waals surface area contributed by atoms with Crippen molar-refractivity contribution < 1.29 is 18.7 Å². The third-order valence-corrected chi connectivity index (χ3v) is 4.47. The number of hydrogen-bond donors (Lipinski definition) is 1. The SMILES string of the molecule is COc1ccccc1NC(=O)CN(Cc1ccco1)C(=O)CCc1ccccc1. The first-order valence-corrected chi connectivity index (χ1v) is 9.42. The van der Waals surface area contributed by atoms with Gasteiger partial charge in [-0.15, -0.1) is 0 Å². The fourth-order valence-electron chi connectivity index (χ4n) is 2.99. The summed E-state index contributed by atoms with van der Waals surface area (Å²) in [6, 6.07) is 20.5. The molecule has 0 saturated heterocycles. The van der Waals surface area contributed by atoms with Crippen LogP contribution in [0.15, 0.2) is 77.4 Å². The van der Waals surface area contributed by atoms with Crippen LogP contribution in [-0.2, 0) is 22.6 Å². The molecule has 0 bridgehead atoms. The van der Waals surface area contributed by atoms with Crippen LogP contribution < -0.4 is 10.1 Å². The molecule has 150 valence electrons. The van der Waals surface area contributed by atoms with E-state index in [0.29, 0.717) is 30.0 Å². The molecule has 1 heterocycles. The van der Waals surface area contributed by atoms with Crippen molar-refractivity contribution in [3.8, 4) is 5.75 Å². The van der Waals surface area contributed by atoms with Gasteiger partial charge in [-0.25, -0.2) is 0 Å². The number of ether oxygens (including phenoxy) is 1. The monoisotopic (exact) mass is 392 g/mol. The maximum atomic E-state index is 12.8. The zero-order valence-electron chi connectivity index (χ0n) is 16.3. The predicted octanol–water partition coefficient (Wildman–Crippen LogP) is 3.89. The summed E-state index contributed by atoms with van der Waals surface area (Å²) in [7, 11) is 1.54. The number of nitrogens with zero attached hydrogens (tertiary/aromatic N) is 1. The van der Waals surface area contributed by atoms with Gasteiger partial charge in [-0.05, 0) is 36.2 Å². The van der Waals surface area contributed by atoms with Gasteiger partial charge in [-0.3, -0.25) is 9.59 Å². The standard InChI is InChI=1S/C23H24N2O4/c1-28-21-12-6-5-11-20(21)24-22(26)17-25(16-19-10-7-15-29-19)23(27)14-13-18-8-3-2-4-9-18/h2-12,15H,13-14,16-17H2,1H3,(H,24,26). The minimum Gasteiger partial charge on any atom is -0.495 e. The smallest absolute Gasteiger partial charge is 0.244 e. The second-order valence-corrected chi connectivity index (χ2v) is 6.56. The van der Waals surface area contributed by atoms with E-state index < -0.39 is 0 Å². The number of methoxy groups -OCH3 is 1. The Kier molecular flexibility index (Phi) is 7.05. The van der Waals surface area contributed by atoms with E-state index in [9.17, 15) is 9.59 Å². The number of furan rings is 1. The minimum absolute atomic E-state index is 0.0770. The minimum atomic E-state index is -0.297. The second-order valence-electron chi connectivity index (χ2n) is 6.56. The fraction of sp³-hybridized carbons (Fsp3) is 0.217. The van der Waals surface area contributed by atoms with E-state index in [4.69, 9.17) is 9.15 Å². The zero-order chi connectivity index (χ0) is 20.5. The Bertz CT molecular complexity index is 923. The van der Waals surface area contributed by atoms with Gasteiger partial charge in [-0.1, -0.05) is 42.5 Å². The first kappa shape index (κ1) is 20.2. The van der Waals surface area contributed by atoms with E-state index in [1.807, 2.05) is 42.5 Å². The van der Waals surface area contributed by atoms with Crippen LogP contribution in [0.5, 0.6) is 5.75 Å². The molecular formula is C23H24N2O4. The average Bonchev–Trinajstić information content (AvgIpc) is 3.26. The van der Waals surface area contributed by atoms with Crippen molar-refractivity contribution in [1.29, 1.82) is 0 Å². The highest BCUT2D eigenvalue weighted by molar-refractivity contribution is 5.95. The van der Waals surface area contributed by atoms with Crippen LogP contribution in [0.3, 0.4) is 0 Å². The van der Waals surface area contributed by atoms with Crippen LogP contribution in [0.1, 0.15) is 17.7 Å². The zero-order valence-corrected chi connectivity index (χ0v) is 16.3. The van der Waals surface area contributed by atoms with Crippen molar-refractivity contribution in [1.82, 2.24) is 4.90 Å². The lowest BCUT2D eigenvalue weighted by Crippen LogP contribution is -2.37. The number of aryl methyl sites for hydroxylation is 1. The molecule has 0 spiro atoms. The van der Waals surface area contributed by atoms with Crippen molar-refractivity contribution in [3.05, 3.63) is 84.3 Å².